The van der Waals surface area contributed by atoms with Crippen molar-refractivity contribution in [1.29, 1.82) is 0 Å². The van der Waals surface area contributed by atoms with Gasteiger partial charge in [0, 0.05) is 13.1 Å². The Bertz CT molecular complexity index is 310. The number of imidazole rings is 1. The number of rotatable bonds is 2. The minimum atomic E-state index is -0.469. The van der Waals surface area contributed by atoms with Gasteiger partial charge in [0.2, 0.25) is 5.91 Å². The van der Waals surface area contributed by atoms with Gasteiger partial charge in [-0.3, -0.25) is 4.79 Å². The monoisotopic (exact) mass is 229 g/mol. The number of hydrogen-bond donors (Lipinski definition) is 1. The number of hydrogen-bond acceptors (Lipinski definition) is 2. The van der Waals surface area contributed by atoms with Crippen molar-refractivity contribution in [2.24, 2.45) is 12.8 Å². The summed E-state index contributed by atoms with van der Waals surface area (Å²) in [7, 11) is 1.83. The molecule has 2 N–H and O–H groups in total. The second kappa shape index (κ2) is 3.53. The Morgan fingerprint density at radius 3 is 2.92 bits per heavy atom. The molecule has 12 heavy (non-hydrogen) atoms. The highest BCUT2D eigenvalue weighted by Crippen LogP contribution is 2.14. The molecular weight excluding hydrogens is 222 g/mol. The lowest BCUT2D eigenvalue weighted by Crippen LogP contribution is -2.05. The Labute approximate surface area is 78.2 Å². The van der Waals surface area contributed by atoms with Crippen LogP contribution in [-0.4, -0.2) is 15.5 Å². The molecular formula is C7H8BrN3O. The van der Waals surface area contributed by atoms with Crippen LogP contribution in [0.4, 0.5) is 0 Å². The van der Waals surface area contributed by atoms with E-state index in [4.69, 9.17) is 5.73 Å². The van der Waals surface area contributed by atoms with Crippen molar-refractivity contribution >= 4 is 27.9 Å². The van der Waals surface area contributed by atoms with E-state index in [0.29, 0.717) is 4.60 Å². The van der Waals surface area contributed by atoms with Gasteiger partial charge in [-0.1, -0.05) is 0 Å². The zero-order chi connectivity index (χ0) is 9.14. The number of aryl methyl sites for hydroxylation is 1. The van der Waals surface area contributed by atoms with Gasteiger partial charge in [0.25, 0.3) is 0 Å². The van der Waals surface area contributed by atoms with Gasteiger partial charge in [-0.2, -0.15) is 0 Å². The third-order valence-corrected chi connectivity index (χ3v) is 1.95. The summed E-state index contributed by atoms with van der Waals surface area (Å²) in [5.41, 5.74) is 5.75. The highest BCUT2D eigenvalue weighted by atomic mass is 79.9. The zero-order valence-corrected chi connectivity index (χ0v) is 8.08. The lowest BCUT2D eigenvalue weighted by Gasteiger charge is -1.93. The van der Waals surface area contributed by atoms with E-state index in [2.05, 4.69) is 20.9 Å². The number of aromatic nitrogens is 2. The second-order valence-corrected chi connectivity index (χ2v) is 3.02. The van der Waals surface area contributed by atoms with Crippen LogP contribution in [0.15, 0.2) is 17.0 Å². The summed E-state index contributed by atoms with van der Waals surface area (Å²) in [6.45, 7) is 0. The number of carbonyl (C=O) groups excluding carboxylic acids is 1. The molecule has 1 aromatic heterocycles. The molecule has 0 atom stereocenters. The molecule has 4 nitrogen and oxygen atoms in total. The van der Waals surface area contributed by atoms with Gasteiger partial charge in [-0.05, 0) is 22.0 Å². The smallest absolute Gasteiger partial charge is 0.241 e. The minimum Gasteiger partial charge on any atom is -0.366 e. The number of carbonyl (C=O) groups is 1. The van der Waals surface area contributed by atoms with E-state index in [9.17, 15) is 4.79 Å². The van der Waals surface area contributed by atoms with Gasteiger partial charge in [0.15, 0.2) is 0 Å². The third-order valence-electron chi connectivity index (χ3n) is 1.34. The van der Waals surface area contributed by atoms with Crippen molar-refractivity contribution in [1.82, 2.24) is 9.55 Å². The summed E-state index contributed by atoms with van der Waals surface area (Å²) in [6.07, 6.45) is 4.55. The average molecular weight is 230 g/mol. The molecule has 0 aromatic carbocycles. The molecule has 64 valence electrons. The van der Waals surface area contributed by atoms with Crippen LogP contribution in [0.1, 0.15) is 5.69 Å². The minimum absolute atomic E-state index is 0.469. The molecule has 0 bridgehead atoms. The predicted molar refractivity (Wildman–Crippen MR) is 49.1 cm³/mol. The fourth-order valence-electron chi connectivity index (χ4n) is 0.759. The number of primary amides is 1. The summed E-state index contributed by atoms with van der Waals surface area (Å²) in [4.78, 5) is 14.4. The van der Waals surface area contributed by atoms with E-state index in [1.807, 2.05) is 7.05 Å². The van der Waals surface area contributed by atoms with E-state index in [0.717, 1.165) is 5.69 Å². The van der Waals surface area contributed by atoms with Crippen LogP contribution in [0.5, 0.6) is 0 Å². The van der Waals surface area contributed by atoms with E-state index in [-0.39, 0.29) is 0 Å². The molecule has 0 aliphatic carbocycles. The maximum absolute atomic E-state index is 10.4. The summed E-state index contributed by atoms with van der Waals surface area (Å²) in [5.74, 6) is -0.469. The Balaban J connectivity index is 2.95. The van der Waals surface area contributed by atoms with Crippen molar-refractivity contribution in [3.8, 4) is 0 Å². The fourth-order valence-corrected chi connectivity index (χ4v) is 1.26. The summed E-state index contributed by atoms with van der Waals surface area (Å²) < 4.78 is 2.48. The molecule has 1 amide bonds. The van der Waals surface area contributed by atoms with Gasteiger partial charge in [0.05, 0.1) is 12.0 Å². The van der Waals surface area contributed by atoms with E-state index < -0.39 is 5.91 Å². The van der Waals surface area contributed by atoms with Crippen LogP contribution in [0.3, 0.4) is 0 Å². The quantitative estimate of drug-likeness (QED) is 0.759. The van der Waals surface area contributed by atoms with Gasteiger partial charge in [0.1, 0.15) is 4.60 Å². The Morgan fingerprint density at radius 1 is 1.83 bits per heavy atom. The zero-order valence-electron chi connectivity index (χ0n) is 6.49. The first-order chi connectivity index (χ1) is 5.61. The van der Waals surface area contributed by atoms with Crippen molar-refractivity contribution in [3.05, 3.63) is 22.7 Å². The first-order valence-corrected chi connectivity index (χ1v) is 4.05. The molecule has 0 unspecified atom stereocenters. The van der Waals surface area contributed by atoms with Crippen LogP contribution in [0, 0.1) is 0 Å². The SMILES string of the molecule is Cn1cnc(Br)c1/C=C/C(N)=O. The Morgan fingerprint density at radius 2 is 2.50 bits per heavy atom. The number of amides is 1. The molecule has 0 saturated carbocycles. The third kappa shape index (κ3) is 1.94. The van der Waals surface area contributed by atoms with Crippen molar-refractivity contribution in [2.45, 2.75) is 0 Å². The van der Waals surface area contributed by atoms with E-state index >= 15 is 0 Å². The normalized spacial score (nSPS) is 10.8. The molecule has 5 heteroatoms. The number of halogens is 1. The molecule has 0 saturated heterocycles. The van der Waals surface area contributed by atoms with Crippen LogP contribution in [-0.2, 0) is 11.8 Å². The lowest BCUT2D eigenvalue weighted by molar-refractivity contribution is -0.113. The molecule has 1 heterocycles. The highest BCUT2D eigenvalue weighted by molar-refractivity contribution is 9.10. The molecule has 0 radical (unpaired) electrons. The number of nitrogens with two attached hydrogens (primary N) is 1. The molecule has 0 fully saturated rings. The van der Waals surface area contributed by atoms with E-state index in [1.54, 1.807) is 17.0 Å². The average Bonchev–Trinajstić information content (AvgIpc) is 2.28. The first-order valence-electron chi connectivity index (χ1n) is 3.25. The maximum Gasteiger partial charge on any atom is 0.241 e. The second-order valence-electron chi connectivity index (χ2n) is 2.27. The summed E-state index contributed by atoms with van der Waals surface area (Å²) in [6, 6.07) is 0. The fraction of sp³-hybridized carbons (Fsp3) is 0.143. The molecule has 1 aromatic rings. The predicted octanol–water partition coefficient (Wildman–Crippen LogP) is 0.681. The highest BCUT2D eigenvalue weighted by Gasteiger charge is 2.01. The lowest BCUT2D eigenvalue weighted by atomic mass is 10.4. The first kappa shape index (κ1) is 8.99. The van der Waals surface area contributed by atoms with Gasteiger partial charge < -0.3 is 10.3 Å². The molecule has 0 spiro atoms. The largest absolute Gasteiger partial charge is 0.366 e. The number of nitrogens with zero attached hydrogens (tertiary/aromatic N) is 2. The van der Waals surface area contributed by atoms with Crippen LogP contribution < -0.4 is 5.73 Å². The van der Waals surface area contributed by atoms with E-state index in [1.165, 1.54) is 6.08 Å². The Kier molecular flexibility index (Phi) is 2.65. The molecule has 0 aliphatic heterocycles. The molecule has 1 rings (SSSR count). The van der Waals surface area contributed by atoms with Crippen LogP contribution in [0.2, 0.25) is 0 Å². The van der Waals surface area contributed by atoms with Gasteiger partial charge in [-0.25, -0.2) is 4.98 Å². The van der Waals surface area contributed by atoms with Gasteiger partial charge >= 0.3 is 0 Å². The van der Waals surface area contributed by atoms with Crippen molar-refractivity contribution in [3.63, 3.8) is 0 Å². The molecule has 0 aliphatic rings. The van der Waals surface area contributed by atoms with Crippen LogP contribution in [0.25, 0.3) is 6.08 Å². The van der Waals surface area contributed by atoms with Gasteiger partial charge in [-0.15, -0.1) is 0 Å². The van der Waals surface area contributed by atoms with Crippen LogP contribution >= 0.6 is 15.9 Å². The van der Waals surface area contributed by atoms with Crippen molar-refractivity contribution < 1.29 is 4.79 Å². The Hall–Kier alpha value is -1.10. The summed E-state index contributed by atoms with van der Waals surface area (Å²) >= 11 is 3.23. The van der Waals surface area contributed by atoms with Crippen molar-refractivity contribution in [2.75, 3.05) is 0 Å². The standard InChI is InChI=1S/C7H8BrN3O/c1-11-4-10-7(8)5(11)2-3-6(9)12/h2-4H,1H3,(H2,9,12)/b3-2+. The summed E-state index contributed by atoms with van der Waals surface area (Å²) in [5, 5.41) is 0. The maximum atomic E-state index is 10.4. The topological polar surface area (TPSA) is 60.9 Å².